The quantitative estimate of drug-likeness (QED) is 0.0544. The molecule has 3 aromatic carbocycles. The van der Waals surface area contributed by atoms with Crippen LogP contribution in [0.3, 0.4) is 0 Å². The number of hydrogen-bond acceptors (Lipinski definition) is 17. The number of benzene rings is 3. The standard InChI is InChI=1S/C45H46N4O14/c1-57-28-10-9-25-34-30(16-22-6-3-2-4-7-22)59-31-17-29-24(26(20-49-19-23-11-13-48-27(23)21-49)35(31)39(34)62-37(25)38(28)58-15-14-50)8-5-12-45(56)41(55)36(54)44(60-29)63-42(45)40(43(46)47)61-33(53)18-32(51)52/h2-4,6-7,9-11,13,17,21,30,34,36,39-44,50,54-56H,12,14-16,18-20,46-47H2,1H3,(H,51,52)/t30-,34-,36-,39-,40+,41-,42-,44-,45+/m1/s1. The third-order valence-corrected chi connectivity index (χ3v) is 12.1. The average molecular weight is 867 g/mol. The third kappa shape index (κ3) is 7.61. The lowest BCUT2D eigenvalue weighted by Crippen LogP contribution is -2.72. The Morgan fingerprint density at radius 2 is 1.90 bits per heavy atom. The lowest BCUT2D eigenvalue weighted by Gasteiger charge is -2.50. The number of carbonyl (C=O) groups excluding carboxylic acids is 1. The normalized spacial score (nSPS) is 27.4. The van der Waals surface area contributed by atoms with Gasteiger partial charge in [-0.25, -0.2) is 0 Å². The van der Waals surface area contributed by atoms with Crippen molar-refractivity contribution in [2.24, 2.45) is 16.5 Å². The highest BCUT2D eigenvalue weighted by Gasteiger charge is 2.60. The van der Waals surface area contributed by atoms with Crippen molar-refractivity contribution in [3.05, 3.63) is 99.9 Å². The minimum Gasteiger partial charge on any atom is -0.493 e. The summed E-state index contributed by atoms with van der Waals surface area (Å²) in [5.74, 6) is 4.65. The zero-order chi connectivity index (χ0) is 44.2. The van der Waals surface area contributed by atoms with E-state index in [4.69, 9.17) is 44.6 Å². The van der Waals surface area contributed by atoms with Gasteiger partial charge >= 0.3 is 11.9 Å². The number of fused-ring (bicyclic) bond motifs is 9. The summed E-state index contributed by atoms with van der Waals surface area (Å²) in [5, 5.41) is 54.2. The van der Waals surface area contributed by atoms with Crippen molar-refractivity contribution in [2.45, 2.75) is 86.4 Å². The van der Waals surface area contributed by atoms with E-state index in [9.17, 15) is 35.1 Å². The van der Waals surface area contributed by atoms with Crippen LogP contribution in [0.25, 0.3) is 0 Å². The molecular formula is C45H46N4O14. The van der Waals surface area contributed by atoms with E-state index in [1.165, 1.54) is 7.11 Å². The minimum atomic E-state index is -2.47. The highest BCUT2D eigenvalue weighted by molar-refractivity contribution is 5.90. The van der Waals surface area contributed by atoms with Gasteiger partial charge in [0.15, 0.2) is 17.6 Å². The van der Waals surface area contributed by atoms with Gasteiger partial charge in [0.25, 0.3) is 0 Å². The van der Waals surface area contributed by atoms with Crippen LogP contribution in [0, 0.1) is 11.8 Å². The highest BCUT2D eigenvalue weighted by atomic mass is 16.7. The summed E-state index contributed by atoms with van der Waals surface area (Å²) < 4.78 is 43.8. The second kappa shape index (κ2) is 16.8. The summed E-state index contributed by atoms with van der Waals surface area (Å²) in [6.07, 6.45) is -7.44. The van der Waals surface area contributed by atoms with Crippen molar-refractivity contribution in [1.29, 1.82) is 0 Å². The molecule has 0 radical (unpaired) electrons. The third-order valence-electron chi connectivity index (χ3n) is 12.1. The van der Waals surface area contributed by atoms with E-state index in [0.717, 1.165) is 22.4 Å². The lowest BCUT2D eigenvalue weighted by molar-refractivity contribution is -0.324. The molecule has 0 aliphatic carbocycles. The summed E-state index contributed by atoms with van der Waals surface area (Å²) >= 11 is 0. The summed E-state index contributed by atoms with van der Waals surface area (Å²) in [7, 11) is 1.52. The van der Waals surface area contributed by atoms with Crippen LogP contribution in [-0.4, -0.2) is 124 Å². The molecule has 3 aromatic rings. The first-order chi connectivity index (χ1) is 30.4. The molecule has 0 aromatic heterocycles. The molecule has 10 rings (SSSR count). The predicted molar refractivity (Wildman–Crippen MR) is 220 cm³/mol. The van der Waals surface area contributed by atoms with Crippen molar-refractivity contribution in [2.75, 3.05) is 26.9 Å². The number of esters is 1. The topological polar surface area (TPSA) is 268 Å². The zero-order valence-electron chi connectivity index (χ0n) is 34.0. The monoisotopic (exact) mass is 866 g/mol. The molecule has 18 nitrogen and oxygen atoms in total. The van der Waals surface area contributed by atoms with Gasteiger partial charge in [0.05, 0.1) is 37.1 Å². The summed E-state index contributed by atoms with van der Waals surface area (Å²) in [4.78, 5) is 30.5. The molecule has 330 valence electrons. The van der Waals surface area contributed by atoms with Gasteiger partial charge in [-0.15, -0.1) is 0 Å². The predicted octanol–water partition coefficient (Wildman–Crippen LogP) is 0.897. The second-order valence-electron chi connectivity index (χ2n) is 16.1. The van der Waals surface area contributed by atoms with Gasteiger partial charge < -0.3 is 75.1 Å². The van der Waals surface area contributed by atoms with Crippen molar-refractivity contribution >= 4 is 18.2 Å². The fourth-order valence-corrected chi connectivity index (χ4v) is 9.19. The van der Waals surface area contributed by atoms with Gasteiger partial charge in [-0.3, -0.25) is 14.6 Å². The smallest absolute Gasteiger partial charge is 0.317 e. The maximum absolute atomic E-state index is 12.6. The number of aliphatic imine (C=N–C) groups is 1. The van der Waals surface area contributed by atoms with E-state index >= 15 is 0 Å². The number of allylic oxidation sites excluding steroid dienone is 1. The van der Waals surface area contributed by atoms with Crippen molar-refractivity contribution < 1.29 is 68.3 Å². The van der Waals surface area contributed by atoms with E-state index in [0.29, 0.717) is 52.7 Å². The number of methoxy groups -OCH3 is 1. The Balaban J connectivity index is 1.20. The molecule has 0 unspecified atom stereocenters. The first-order valence-electron chi connectivity index (χ1n) is 20.4. The van der Waals surface area contributed by atoms with Crippen LogP contribution in [0.15, 0.2) is 77.1 Å². The van der Waals surface area contributed by atoms with Crippen LogP contribution in [0.1, 0.15) is 52.7 Å². The molecule has 63 heavy (non-hydrogen) atoms. The Kier molecular flexibility index (Phi) is 11.3. The molecular weight excluding hydrogens is 821 g/mol. The number of aliphatic hydroxyl groups is 4. The van der Waals surface area contributed by atoms with Crippen molar-refractivity contribution in [1.82, 2.24) is 4.90 Å². The number of aliphatic hydroxyl groups excluding tert-OH is 3. The van der Waals surface area contributed by atoms with E-state index in [1.54, 1.807) is 18.3 Å². The number of rotatable bonds is 13. The summed E-state index contributed by atoms with van der Waals surface area (Å²) in [6, 6.07) is 15.2. The molecule has 7 aliphatic heterocycles. The van der Waals surface area contributed by atoms with Gasteiger partial charge in [0, 0.05) is 66.7 Å². The van der Waals surface area contributed by atoms with Crippen LogP contribution in [-0.2, 0) is 32.0 Å². The maximum atomic E-state index is 12.6. The molecule has 0 amide bonds. The van der Waals surface area contributed by atoms with Crippen LogP contribution in [0.4, 0.5) is 0 Å². The molecule has 18 heteroatoms. The molecule has 9 N–H and O–H groups in total. The Morgan fingerprint density at radius 1 is 1.10 bits per heavy atom. The largest absolute Gasteiger partial charge is 0.493 e. The van der Waals surface area contributed by atoms with Crippen LogP contribution in [0.5, 0.6) is 28.7 Å². The fraction of sp³-hybridized carbons (Fsp3) is 0.400. The first kappa shape index (κ1) is 42.1. The molecule has 1 fully saturated rings. The van der Waals surface area contributed by atoms with Gasteiger partial charge in [-0.2, -0.15) is 0 Å². The minimum absolute atomic E-state index is 0.0145. The Bertz CT molecular complexity index is 2460. The SMILES string of the molecule is COc1ccc2c(c1OCCO)O[C@H]1c3c(cc4c(c3CN3C=C5N=CC=C5C3)C#CC[C@]3(O)[C@H](O)[C@@H](O)[C@H](O4)O[C@@H]3[C@H](OC(=O)CC(=O)O)C(N)N)O[C@H](Cc3ccccc3)[C@@H]21. The van der Waals surface area contributed by atoms with Gasteiger partial charge in [-0.05, 0) is 17.7 Å². The van der Waals surface area contributed by atoms with E-state index in [-0.39, 0.29) is 25.5 Å². The number of hydrogen-bond donors (Lipinski definition) is 7. The number of nitrogens with two attached hydrogens (primary N) is 2. The number of carbonyl (C=O) groups is 2. The second-order valence-corrected chi connectivity index (χ2v) is 16.1. The molecule has 7 aliphatic rings. The average Bonchev–Trinajstić information content (AvgIpc) is 3.97. The molecule has 7 heterocycles. The van der Waals surface area contributed by atoms with Crippen molar-refractivity contribution in [3.63, 3.8) is 0 Å². The van der Waals surface area contributed by atoms with E-state index in [1.807, 2.05) is 48.7 Å². The lowest BCUT2D eigenvalue weighted by atomic mass is 9.78. The van der Waals surface area contributed by atoms with Crippen LogP contribution >= 0.6 is 0 Å². The summed E-state index contributed by atoms with van der Waals surface area (Å²) in [6.45, 7) is 0.495. The fourth-order valence-electron chi connectivity index (χ4n) is 9.19. The Morgan fingerprint density at radius 3 is 2.63 bits per heavy atom. The summed E-state index contributed by atoms with van der Waals surface area (Å²) in [5.41, 5.74) is 14.8. The van der Waals surface area contributed by atoms with Crippen LogP contribution < -0.4 is 35.2 Å². The van der Waals surface area contributed by atoms with E-state index < -0.39 is 85.4 Å². The maximum Gasteiger partial charge on any atom is 0.317 e. The number of ether oxygens (including phenoxy) is 7. The molecule has 0 saturated carbocycles. The molecule has 2 bridgehead atoms. The highest BCUT2D eigenvalue weighted by Crippen LogP contribution is 2.60. The molecule has 9 atom stereocenters. The number of nitrogens with zero attached hydrogens (tertiary/aromatic N) is 2. The van der Waals surface area contributed by atoms with Gasteiger partial charge in [0.2, 0.25) is 12.0 Å². The first-order valence-corrected chi connectivity index (χ1v) is 20.4. The van der Waals surface area contributed by atoms with Crippen LogP contribution in [0.2, 0.25) is 0 Å². The van der Waals surface area contributed by atoms with Gasteiger partial charge in [-0.1, -0.05) is 48.2 Å². The number of carboxylic acid groups (broad SMARTS) is 1. The number of aliphatic carboxylic acids is 1. The zero-order valence-corrected chi connectivity index (χ0v) is 34.0. The van der Waals surface area contributed by atoms with Crippen molar-refractivity contribution in [3.8, 4) is 40.6 Å². The Labute approximate surface area is 360 Å². The van der Waals surface area contributed by atoms with Gasteiger partial charge in [0.1, 0.15) is 60.6 Å². The molecule has 1 saturated heterocycles. The Hall–Kier alpha value is -6.17. The number of carboxylic acids is 1. The molecule has 0 spiro atoms. The van der Waals surface area contributed by atoms with E-state index in [2.05, 4.69) is 21.7 Å².